The van der Waals surface area contributed by atoms with Gasteiger partial charge in [0.05, 0.1) is 19.4 Å². The van der Waals surface area contributed by atoms with Crippen molar-refractivity contribution in [2.24, 2.45) is 5.16 Å². The second kappa shape index (κ2) is 5.50. The third kappa shape index (κ3) is 2.60. The van der Waals surface area contributed by atoms with E-state index in [1.165, 1.54) is 6.21 Å². The van der Waals surface area contributed by atoms with Crippen LogP contribution in [-0.2, 0) is 11.2 Å². The molecule has 1 aliphatic heterocycles. The fourth-order valence-corrected chi connectivity index (χ4v) is 2.14. The van der Waals surface area contributed by atoms with Crippen molar-refractivity contribution >= 4 is 12.3 Å². The molecule has 18 heavy (non-hydrogen) atoms. The van der Waals surface area contributed by atoms with Crippen molar-refractivity contribution in [2.75, 3.05) is 13.2 Å². The summed E-state index contributed by atoms with van der Waals surface area (Å²) in [5, 5.41) is 22.6. The second-order valence-corrected chi connectivity index (χ2v) is 3.96. The molecule has 1 aromatic rings. The first-order valence-electron chi connectivity index (χ1n) is 5.60. The van der Waals surface area contributed by atoms with Gasteiger partial charge in [-0.3, -0.25) is 0 Å². The van der Waals surface area contributed by atoms with E-state index in [0.717, 1.165) is 23.1 Å². The van der Waals surface area contributed by atoms with Crippen molar-refractivity contribution in [1.29, 1.82) is 0 Å². The molecular formula is C12H14N2O4. The Kier molecular flexibility index (Phi) is 3.78. The molecule has 3 N–H and O–H groups in total. The van der Waals surface area contributed by atoms with E-state index in [9.17, 15) is 4.79 Å². The molecular weight excluding hydrogens is 236 g/mol. The summed E-state index contributed by atoms with van der Waals surface area (Å²) in [5.41, 5.74) is 2.81. The molecule has 0 aromatic heterocycles. The number of carboxylic acid groups (broad SMARTS) is 1. The maximum atomic E-state index is 10.5. The van der Waals surface area contributed by atoms with Crippen LogP contribution in [0.1, 0.15) is 22.8 Å². The molecule has 0 bridgehead atoms. The average Bonchev–Trinajstić information content (AvgIpc) is 2.37. The monoisotopic (exact) mass is 250 g/mol. The van der Waals surface area contributed by atoms with Gasteiger partial charge in [0.1, 0.15) is 6.10 Å². The van der Waals surface area contributed by atoms with E-state index in [1.54, 1.807) is 0 Å². The van der Waals surface area contributed by atoms with Crippen LogP contribution in [0, 0.1) is 0 Å². The highest BCUT2D eigenvalue weighted by Gasteiger charge is 2.22. The van der Waals surface area contributed by atoms with Crippen LogP contribution in [0.15, 0.2) is 23.4 Å². The number of fused-ring (bicyclic) bond motifs is 1. The van der Waals surface area contributed by atoms with Crippen LogP contribution in [-0.4, -0.2) is 35.8 Å². The summed E-state index contributed by atoms with van der Waals surface area (Å²) in [6, 6.07) is 5.58. The Bertz CT molecular complexity index is 473. The first-order valence-corrected chi connectivity index (χ1v) is 5.60. The number of benzene rings is 1. The topological polar surface area (TPSA) is 91.2 Å². The summed E-state index contributed by atoms with van der Waals surface area (Å²) in [7, 11) is 0. The molecule has 0 aliphatic carbocycles. The number of ether oxygens (including phenoxy) is 1. The average molecular weight is 250 g/mol. The van der Waals surface area contributed by atoms with Gasteiger partial charge in [0.2, 0.25) is 0 Å². The highest BCUT2D eigenvalue weighted by atomic mass is 16.5. The zero-order valence-electron chi connectivity index (χ0n) is 9.67. The molecule has 1 atom stereocenters. The van der Waals surface area contributed by atoms with E-state index >= 15 is 0 Å². The molecule has 0 fully saturated rings. The quantitative estimate of drug-likeness (QED) is 0.429. The van der Waals surface area contributed by atoms with Gasteiger partial charge in [-0.1, -0.05) is 23.4 Å². The van der Waals surface area contributed by atoms with Crippen LogP contribution in [0.4, 0.5) is 4.79 Å². The molecule has 96 valence electrons. The number of carbonyl (C=O) groups is 1. The van der Waals surface area contributed by atoms with Gasteiger partial charge in [-0.15, -0.1) is 0 Å². The molecule has 1 heterocycles. The van der Waals surface area contributed by atoms with Crippen molar-refractivity contribution in [1.82, 2.24) is 5.32 Å². The van der Waals surface area contributed by atoms with E-state index in [-0.39, 0.29) is 12.6 Å². The summed E-state index contributed by atoms with van der Waals surface area (Å²) in [4.78, 5) is 10.5. The molecule has 0 saturated carbocycles. The van der Waals surface area contributed by atoms with E-state index in [2.05, 4.69) is 10.5 Å². The maximum Gasteiger partial charge on any atom is 0.404 e. The van der Waals surface area contributed by atoms with Crippen molar-refractivity contribution in [3.8, 4) is 0 Å². The zero-order valence-corrected chi connectivity index (χ0v) is 9.67. The van der Waals surface area contributed by atoms with Crippen LogP contribution in [0.2, 0.25) is 0 Å². The highest BCUT2D eigenvalue weighted by Crippen LogP contribution is 2.28. The lowest BCUT2D eigenvalue weighted by molar-refractivity contribution is 0.0426. The van der Waals surface area contributed by atoms with Gasteiger partial charge < -0.3 is 20.4 Å². The van der Waals surface area contributed by atoms with Gasteiger partial charge in [0.15, 0.2) is 0 Å². The van der Waals surface area contributed by atoms with Crippen LogP contribution in [0.25, 0.3) is 0 Å². The normalized spacial score (nSPS) is 18.6. The summed E-state index contributed by atoms with van der Waals surface area (Å²) in [6.07, 6.45) is 0.739. The summed E-state index contributed by atoms with van der Waals surface area (Å²) < 4.78 is 5.56. The van der Waals surface area contributed by atoms with Crippen LogP contribution >= 0.6 is 0 Å². The van der Waals surface area contributed by atoms with Gasteiger partial charge in [-0.05, 0) is 23.1 Å². The lowest BCUT2D eigenvalue weighted by Gasteiger charge is -2.27. The predicted molar refractivity (Wildman–Crippen MR) is 64.2 cm³/mol. The minimum absolute atomic E-state index is 0.210. The van der Waals surface area contributed by atoms with Gasteiger partial charge in [-0.2, -0.15) is 0 Å². The first kappa shape index (κ1) is 12.4. The molecule has 1 aliphatic rings. The Morgan fingerprint density at radius 1 is 1.61 bits per heavy atom. The number of hydrogen-bond donors (Lipinski definition) is 3. The van der Waals surface area contributed by atoms with E-state index < -0.39 is 6.09 Å². The standard InChI is InChI=1S/C12H14N2O4/c15-12(16)13-7-11-10-3-1-2-8(6-14-17)9(10)4-5-18-11/h1-3,6,11,13,17H,4-5,7H2,(H,15,16)/b14-6-. The minimum Gasteiger partial charge on any atom is -0.465 e. The molecule has 0 saturated heterocycles. The fourth-order valence-electron chi connectivity index (χ4n) is 2.14. The summed E-state index contributed by atoms with van der Waals surface area (Å²) in [5.74, 6) is 0. The molecule has 6 nitrogen and oxygen atoms in total. The molecule has 1 aromatic carbocycles. The number of amides is 1. The van der Waals surface area contributed by atoms with Gasteiger partial charge in [0, 0.05) is 0 Å². The smallest absolute Gasteiger partial charge is 0.404 e. The van der Waals surface area contributed by atoms with Crippen molar-refractivity contribution in [3.63, 3.8) is 0 Å². The predicted octanol–water partition coefficient (Wildman–Crippen LogP) is 1.38. The van der Waals surface area contributed by atoms with E-state index in [1.807, 2.05) is 18.2 Å². The highest BCUT2D eigenvalue weighted by molar-refractivity contribution is 5.82. The third-order valence-corrected chi connectivity index (χ3v) is 2.90. The molecule has 0 spiro atoms. The lowest BCUT2D eigenvalue weighted by Crippen LogP contribution is -2.31. The number of oxime groups is 1. The fraction of sp³-hybridized carbons (Fsp3) is 0.333. The zero-order chi connectivity index (χ0) is 13.0. The van der Waals surface area contributed by atoms with Crippen LogP contribution in [0.3, 0.4) is 0 Å². The SMILES string of the molecule is O=C(O)NCC1OCCc2c(/C=N\O)cccc21. The molecule has 2 rings (SSSR count). The Hall–Kier alpha value is -2.08. The van der Waals surface area contributed by atoms with Crippen LogP contribution < -0.4 is 5.32 Å². The maximum absolute atomic E-state index is 10.5. The number of nitrogens with zero attached hydrogens (tertiary/aromatic N) is 1. The number of rotatable bonds is 3. The number of nitrogens with one attached hydrogen (secondary N) is 1. The summed E-state index contributed by atoms with van der Waals surface area (Å²) >= 11 is 0. The first-order chi connectivity index (χ1) is 8.72. The summed E-state index contributed by atoms with van der Waals surface area (Å²) in [6.45, 7) is 0.733. The Morgan fingerprint density at radius 2 is 2.44 bits per heavy atom. The molecule has 1 amide bonds. The van der Waals surface area contributed by atoms with Gasteiger partial charge >= 0.3 is 6.09 Å². The lowest BCUT2D eigenvalue weighted by atomic mass is 9.93. The van der Waals surface area contributed by atoms with Crippen molar-refractivity contribution in [2.45, 2.75) is 12.5 Å². The largest absolute Gasteiger partial charge is 0.465 e. The van der Waals surface area contributed by atoms with Crippen molar-refractivity contribution < 1.29 is 19.8 Å². The van der Waals surface area contributed by atoms with E-state index in [0.29, 0.717) is 6.61 Å². The third-order valence-electron chi connectivity index (χ3n) is 2.90. The van der Waals surface area contributed by atoms with Crippen LogP contribution in [0.5, 0.6) is 0 Å². The molecule has 0 radical (unpaired) electrons. The Labute approximate surface area is 104 Å². The Morgan fingerprint density at radius 3 is 3.17 bits per heavy atom. The minimum atomic E-state index is -1.07. The number of hydrogen-bond acceptors (Lipinski definition) is 4. The van der Waals surface area contributed by atoms with Crippen molar-refractivity contribution in [3.05, 3.63) is 34.9 Å². The molecule has 6 heteroatoms. The second-order valence-electron chi connectivity index (χ2n) is 3.96. The van der Waals surface area contributed by atoms with E-state index in [4.69, 9.17) is 15.1 Å². The van der Waals surface area contributed by atoms with Gasteiger partial charge in [0.25, 0.3) is 0 Å². The molecule has 1 unspecified atom stereocenters. The Balaban J connectivity index is 2.26. The van der Waals surface area contributed by atoms with Gasteiger partial charge in [-0.25, -0.2) is 4.79 Å².